The lowest BCUT2D eigenvalue weighted by atomic mass is 10.0. The molecule has 34 heavy (non-hydrogen) atoms. The summed E-state index contributed by atoms with van der Waals surface area (Å²) in [6.45, 7) is 6.28. The molecule has 0 aliphatic carbocycles. The van der Waals surface area contributed by atoms with Crippen molar-refractivity contribution in [2.45, 2.75) is 33.2 Å². The average Bonchev–Trinajstić information content (AvgIpc) is 2.82. The highest BCUT2D eigenvalue weighted by atomic mass is 35.5. The topological polar surface area (TPSA) is 79.8 Å². The third kappa shape index (κ3) is 6.27. The zero-order valence-corrected chi connectivity index (χ0v) is 20.8. The molecule has 3 rings (SSSR count). The van der Waals surface area contributed by atoms with E-state index in [1.807, 2.05) is 57.2 Å². The molecule has 0 aromatic heterocycles. The van der Waals surface area contributed by atoms with E-state index >= 15 is 0 Å². The summed E-state index contributed by atoms with van der Waals surface area (Å²) in [6, 6.07) is 15.5. The highest BCUT2D eigenvalue weighted by Gasteiger charge is 2.25. The van der Waals surface area contributed by atoms with Crippen LogP contribution in [0, 0.1) is 5.92 Å². The number of nitrogens with one attached hydrogen (secondary N) is 2. The molecule has 0 aliphatic rings. The van der Waals surface area contributed by atoms with Crippen molar-refractivity contribution in [1.82, 2.24) is 10.7 Å². The minimum absolute atomic E-state index is 0.178. The van der Waals surface area contributed by atoms with Crippen LogP contribution in [0.2, 0.25) is 10.0 Å². The first kappa shape index (κ1) is 25.5. The first-order valence-corrected chi connectivity index (χ1v) is 11.8. The summed E-state index contributed by atoms with van der Waals surface area (Å²) < 4.78 is 5.88. The number of nitrogens with zero attached hydrogens (tertiary/aromatic N) is 1. The molecule has 0 radical (unpaired) electrons. The van der Waals surface area contributed by atoms with Gasteiger partial charge in [-0.25, -0.2) is 5.43 Å². The van der Waals surface area contributed by atoms with E-state index < -0.39 is 17.9 Å². The smallest absolute Gasteiger partial charge is 0.262 e. The van der Waals surface area contributed by atoms with Gasteiger partial charge in [-0.2, -0.15) is 5.10 Å². The number of hydrazone groups is 1. The highest BCUT2D eigenvalue weighted by molar-refractivity contribution is 6.42. The van der Waals surface area contributed by atoms with Gasteiger partial charge in [0.15, 0.2) is 0 Å². The number of fused-ring (bicyclic) bond motifs is 1. The van der Waals surface area contributed by atoms with Crippen molar-refractivity contribution in [3.63, 3.8) is 0 Å². The third-order valence-electron chi connectivity index (χ3n) is 5.18. The van der Waals surface area contributed by atoms with E-state index in [9.17, 15) is 9.59 Å². The Morgan fingerprint density at radius 3 is 2.53 bits per heavy atom. The molecule has 3 aromatic carbocycles. The zero-order chi connectivity index (χ0) is 24.7. The van der Waals surface area contributed by atoms with Gasteiger partial charge in [0.25, 0.3) is 11.8 Å². The van der Waals surface area contributed by atoms with E-state index in [4.69, 9.17) is 27.9 Å². The van der Waals surface area contributed by atoms with E-state index in [0.29, 0.717) is 22.9 Å². The largest absolute Gasteiger partial charge is 0.493 e. The van der Waals surface area contributed by atoms with Crippen molar-refractivity contribution < 1.29 is 14.3 Å². The predicted octanol–water partition coefficient (Wildman–Crippen LogP) is 5.84. The van der Waals surface area contributed by atoms with E-state index in [1.165, 1.54) is 12.1 Å². The van der Waals surface area contributed by atoms with Gasteiger partial charge in [-0.05, 0) is 47.4 Å². The van der Waals surface area contributed by atoms with Crippen molar-refractivity contribution in [3.8, 4) is 5.75 Å². The van der Waals surface area contributed by atoms with Gasteiger partial charge in [-0.1, -0.05) is 74.3 Å². The second-order valence-corrected chi connectivity index (χ2v) is 8.92. The van der Waals surface area contributed by atoms with Crippen LogP contribution in [-0.2, 0) is 4.79 Å². The maximum atomic E-state index is 12.9. The summed E-state index contributed by atoms with van der Waals surface area (Å²) >= 11 is 11.9. The molecule has 0 aliphatic heterocycles. The van der Waals surface area contributed by atoms with E-state index in [-0.39, 0.29) is 10.9 Å². The van der Waals surface area contributed by atoms with Crippen LogP contribution in [0.25, 0.3) is 10.8 Å². The molecule has 1 atom stereocenters. The molecule has 0 heterocycles. The fourth-order valence-corrected chi connectivity index (χ4v) is 3.67. The molecule has 2 N–H and O–H groups in total. The molecule has 0 saturated heterocycles. The number of amides is 2. The van der Waals surface area contributed by atoms with Crippen LogP contribution >= 0.6 is 23.2 Å². The normalized spacial score (nSPS) is 12.2. The lowest BCUT2D eigenvalue weighted by Gasteiger charge is -2.20. The highest BCUT2D eigenvalue weighted by Crippen LogP contribution is 2.27. The Kier molecular flexibility index (Phi) is 8.91. The van der Waals surface area contributed by atoms with Crippen LogP contribution < -0.4 is 15.5 Å². The Hall–Kier alpha value is -3.09. The third-order valence-corrected chi connectivity index (χ3v) is 5.92. The van der Waals surface area contributed by atoms with Crippen molar-refractivity contribution in [2.24, 2.45) is 11.0 Å². The maximum absolute atomic E-state index is 12.9. The Morgan fingerprint density at radius 2 is 1.82 bits per heavy atom. The second kappa shape index (κ2) is 11.9. The summed E-state index contributed by atoms with van der Waals surface area (Å²) in [5.74, 6) is -0.355. The number of rotatable bonds is 9. The van der Waals surface area contributed by atoms with Crippen molar-refractivity contribution in [1.29, 1.82) is 0 Å². The van der Waals surface area contributed by atoms with Crippen molar-refractivity contribution in [3.05, 3.63) is 75.8 Å². The molecule has 0 bridgehead atoms. The lowest BCUT2D eigenvalue weighted by Crippen LogP contribution is -2.48. The molecule has 8 heteroatoms. The van der Waals surface area contributed by atoms with Crippen LogP contribution in [0.5, 0.6) is 5.75 Å². The molecule has 2 amide bonds. The molecule has 6 nitrogen and oxygen atoms in total. The zero-order valence-electron chi connectivity index (χ0n) is 19.3. The van der Waals surface area contributed by atoms with Crippen LogP contribution in [0.4, 0.5) is 0 Å². The van der Waals surface area contributed by atoms with Gasteiger partial charge in [0.2, 0.25) is 0 Å². The van der Waals surface area contributed by atoms with Gasteiger partial charge >= 0.3 is 0 Å². The number of carbonyl (C=O) groups excluding carboxylic acids is 2. The van der Waals surface area contributed by atoms with Crippen molar-refractivity contribution >= 4 is 52.0 Å². The SMILES string of the molecule is CCCOc1ccc2ccccc2c1C=NNC(=O)C(NC(=O)c1ccc(Cl)c(Cl)c1)C(C)C. The number of halogens is 2. The number of carbonyl (C=O) groups is 2. The molecule has 3 aromatic rings. The van der Waals surface area contributed by atoms with Gasteiger partial charge in [-0.15, -0.1) is 0 Å². The quantitative estimate of drug-likeness (QED) is 0.286. The Labute approximate surface area is 209 Å². The summed E-state index contributed by atoms with van der Waals surface area (Å²) in [5, 5.41) is 9.53. The van der Waals surface area contributed by atoms with Gasteiger partial charge in [0.1, 0.15) is 11.8 Å². The van der Waals surface area contributed by atoms with Crippen molar-refractivity contribution in [2.75, 3.05) is 6.61 Å². The number of ether oxygens (including phenoxy) is 1. The van der Waals surface area contributed by atoms with Crippen LogP contribution in [0.1, 0.15) is 43.1 Å². The van der Waals surface area contributed by atoms with E-state index in [0.717, 1.165) is 22.8 Å². The van der Waals surface area contributed by atoms with Gasteiger partial charge in [0.05, 0.1) is 22.9 Å². The standard InChI is InChI=1S/C26H27Cl2N3O3/c1-4-13-34-23-12-10-17-7-5-6-8-19(17)20(23)15-29-31-26(33)24(16(2)3)30-25(32)18-9-11-21(27)22(28)14-18/h5-12,14-16,24H,4,13H2,1-3H3,(H,30,32)(H,31,33). The van der Waals surface area contributed by atoms with E-state index in [2.05, 4.69) is 15.8 Å². The minimum atomic E-state index is -0.803. The summed E-state index contributed by atoms with van der Waals surface area (Å²) in [6.07, 6.45) is 2.44. The number of hydrogen-bond donors (Lipinski definition) is 2. The van der Waals surface area contributed by atoms with Gasteiger partial charge in [-0.3, -0.25) is 9.59 Å². The van der Waals surface area contributed by atoms with Crippen LogP contribution in [0.3, 0.4) is 0 Å². The monoisotopic (exact) mass is 499 g/mol. The Morgan fingerprint density at radius 1 is 1.06 bits per heavy atom. The number of benzene rings is 3. The maximum Gasteiger partial charge on any atom is 0.262 e. The average molecular weight is 500 g/mol. The summed E-state index contributed by atoms with van der Waals surface area (Å²) in [5.41, 5.74) is 3.63. The number of hydrogen-bond acceptors (Lipinski definition) is 4. The first-order chi connectivity index (χ1) is 16.3. The predicted molar refractivity (Wildman–Crippen MR) is 138 cm³/mol. The minimum Gasteiger partial charge on any atom is -0.493 e. The van der Waals surface area contributed by atoms with Gasteiger partial charge in [0, 0.05) is 11.1 Å². The second-order valence-electron chi connectivity index (χ2n) is 8.11. The first-order valence-electron chi connectivity index (χ1n) is 11.0. The molecule has 1 unspecified atom stereocenters. The van der Waals surface area contributed by atoms with Crippen LogP contribution in [-0.4, -0.2) is 30.7 Å². The van der Waals surface area contributed by atoms with E-state index in [1.54, 1.807) is 12.3 Å². The fraction of sp³-hybridized carbons (Fsp3) is 0.269. The molecule has 0 saturated carbocycles. The van der Waals surface area contributed by atoms with Crippen LogP contribution in [0.15, 0.2) is 59.7 Å². The Bertz CT molecular complexity index is 1210. The lowest BCUT2D eigenvalue weighted by molar-refractivity contribution is -0.123. The Balaban J connectivity index is 1.77. The fourth-order valence-electron chi connectivity index (χ4n) is 3.37. The molecule has 0 fully saturated rings. The molecular formula is C26H27Cl2N3O3. The summed E-state index contributed by atoms with van der Waals surface area (Å²) in [7, 11) is 0. The summed E-state index contributed by atoms with van der Waals surface area (Å²) in [4.78, 5) is 25.5. The van der Waals surface area contributed by atoms with Gasteiger partial charge < -0.3 is 10.1 Å². The molecule has 178 valence electrons. The molecule has 0 spiro atoms. The molecular weight excluding hydrogens is 473 g/mol.